The molecule has 0 saturated heterocycles. The van der Waals surface area contributed by atoms with Crippen molar-refractivity contribution in [2.45, 2.75) is 32.2 Å². The average molecular weight is 290 g/mol. The Kier molecular flexibility index (Phi) is 4.57. The third-order valence-electron chi connectivity index (χ3n) is 3.40. The molecule has 1 fully saturated rings. The monoisotopic (exact) mass is 290 g/mol. The molecule has 6 nitrogen and oxygen atoms in total. The normalized spacial score (nSPS) is 14.3. The summed E-state index contributed by atoms with van der Waals surface area (Å²) in [7, 11) is 0. The molecule has 1 saturated carbocycles. The van der Waals surface area contributed by atoms with E-state index in [2.05, 4.69) is 11.8 Å². The van der Waals surface area contributed by atoms with E-state index in [0.29, 0.717) is 11.6 Å². The van der Waals surface area contributed by atoms with Crippen LogP contribution < -0.4 is 4.90 Å². The minimum Gasteiger partial charge on any atom is -0.478 e. The number of nitro groups is 1. The van der Waals surface area contributed by atoms with Crippen molar-refractivity contribution in [3.8, 4) is 0 Å². The van der Waals surface area contributed by atoms with Crippen LogP contribution in [0.3, 0.4) is 0 Å². The summed E-state index contributed by atoms with van der Waals surface area (Å²) in [4.78, 5) is 23.4. The lowest BCUT2D eigenvalue weighted by Gasteiger charge is -2.24. The molecular weight excluding hydrogens is 272 g/mol. The summed E-state index contributed by atoms with van der Waals surface area (Å²) < 4.78 is 0. The molecule has 0 atom stereocenters. The zero-order valence-electron chi connectivity index (χ0n) is 11.9. The summed E-state index contributed by atoms with van der Waals surface area (Å²) in [5.41, 5.74) is 1.15. The Balaban J connectivity index is 2.37. The van der Waals surface area contributed by atoms with E-state index < -0.39 is 10.9 Å². The molecule has 2 rings (SSSR count). The van der Waals surface area contributed by atoms with Gasteiger partial charge in [-0.3, -0.25) is 10.1 Å². The standard InChI is InChI=1S/C15H18N2O4/c1-2-9-16(12-4-5-12)13-6-7-14(17(20)21)11(10-13)3-8-15(18)19/h3,6-8,10,12H,2,4-5,9H2,1H3,(H,18,19)/b8-3+. The smallest absolute Gasteiger partial charge is 0.328 e. The molecule has 1 aromatic carbocycles. The number of hydrogen-bond acceptors (Lipinski definition) is 4. The van der Waals surface area contributed by atoms with Crippen molar-refractivity contribution in [2.75, 3.05) is 11.4 Å². The quantitative estimate of drug-likeness (QED) is 0.474. The molecule has 21 heavy (non-hydrogen) atoms. The van der Waals surface area contributed by atoms with Crippen LogP contribution >= 0.6 is 0 Å². The van der Waals surface area contributed by atoms with Gasteiger partial charge in [-0.15, -0.1) is 0 Å². The molecule has 1 aromatic rings. The lowest BCUT2D eigenvalue weighted by atomic mass is 10.1. The number of carboxylic acid groups (broad SMARTS) is 1. The first kappa shape index (κ1) is 15.0. The largest absolute Gasteiger partial charge is 0.478 e. The second-order valence-electron chi connectivity index (χ2n) is 5.10. The van der Waals surface area contributed by atoms with E-state index in [1.165, 1.54) is 12.1 Å². The number of aliphatic carboxylic acids is 1. The summed E-state index contributed by atoms with van der Waals surface area (Å²) in [6.07, 6.45) is 5.47. The van der Waals surface area contributed by atoms with Gasteiger partial charge in [0.05, 0.1) is 10.5 Å². The fourth-order valence-electron chi connectivity index (χ4n) is 2.33. The first-order chi connectivity index (χ1) is 10.0. The Morgan fingerprint density at radius 1 is 1.52 bits per heavy atom. The maximum Gasteiger partial charge on any atom is 0.328 e. The van der Waals surface area contributed by atoms with Crippen molar-refractivity contribution in [3.63, 3.8) is 0 Å². The van der Waals surface area contributed by atoms with Crippen LogP contribution in [-0.4, -0.2) is 28.6 Å². The van der Waals surface area contributed by atoms with E-state index in [4.69, 9.17) is 5.11 Å². The number of rotatable bonds is 7. The van der Waals surface area contributed by atoms with Crippen LogP contribution in [0.15, 0.2) is 24.3 Å². The average Bonchev–Trinajstić information content (AvgIpc) is 3.26. The summed E-state index contributed by atoms with van der Waals surface area (Å²) in [6, 6.07) is 5.39. The summed E-state index contributed by atoms with van der Waals surface area (Å²) in [5.74, 6) is -1.12. The van der Waals surface area contributed by atoms with Crippen molar-refractivity contribution >= 4 is 23.4 Å². The molecule has 6 heteroatoms. The van der Waals surface area contributed by atoms with Gasteiger partial charge in [0, 0.05) is 30.4 Å². The minimum atomic E-state index is -1.12. The van der Waals surface area contributed by atoms with Crippen molar-refractivity contribution in [3.05, 3.63) is 40.0 Å². The van der Waals surface area contributed by atoms with Gasteiger partial charge in [0.15, 0.2) is 0 Å². The number of benzene rings is 1. The summed E-state index contributed by atoms with van der Waals surface area (Å²) >= 11 is 0. The number of nitro benzene ring substituents is 1. The molecule has 0 bridgehead atoms. The predicted octanol–water partition coefficient (Wildman–Crippen LogP) is 3.07. The Morgan fingerprint density at radius 2 is 2.24 bits per heavy atom. The number of carboxylic acids is 1. The van der Waals surface area contributed by atoms with Crippen molar-refractivity contribution in [1.29, 1.82) is 0 Å². The number of nitrogens with zero attached hydrogens (tertiary/aromatic N) is 2. The van der Waals surface area contributed by atoms with Crippen molar-refractivity contribution in [1.82, 2.24) is 0 Å². The highest BCUT2D eigenvalue weighted by Gasteiger charge is 2.29. The lowest BCUT2D eigenvalue weighted by Crippen LogP contribution is -2.26. The van der Waals surface area contributed by atoms with Gasteiger partial charge in [-0.1, -0.05) is 6.92 Å². The molecule has 0 amide bonds. The summed E-state index contributed by atoms with van der Waals surface area (Å²) in [6.45, 7) is 2.98. The van der Waals surface area contributed by atoms with Crippen molar-refractivity contribution < 1.29 is 14.8 Å². The number of carbonyl (C=O) groups is 1. The van der Waals surface area contributed by atoms with E-state index >= 15 is 0 Å². The Labute approximate surface area is 122 Å². The maximum absolute atomic E-state index is 11.0. The van der Waals surface area contributed by atoms with E-state index in [0.717, 1.165) is 37.6 Å². The highest BCUT2D eigenvalue weighted by molar-refractivity contribution is 5.86. The van der Waals surface area contributed by atoms with E-state index in [9.17, 15) is 14.9 Å². The number of hydrogen-bond donors (Lipinski definition) is 1. The zero-order chi connectivity index (χ0) is 15.4. The molecule has 1 aliphatic rings. The van der Waals surface area contributed by atoms with Gasteiger partial charge in [0.25, 0.3) is 5.69 Å². The number of anilines is 1. The molecule has 0 unspecified atom stereocenters. The van der Waals surface area contributed by atoms with E-state index in [1.54, 1.807) is 12.1 Å². The molecule has 112 valence electrons. The zero-order valence-corrected chi connectivity index (χ0v) is 11.9. The predicted molar refractivity (Wildman–Crippen MR) is 80.4 cm³/mol. The topological polar surface area (TPSA) is 83.7 Å². The lowest BCUT2D eigenvalue weighted by molar-refractivity contribution is -0.385. The Bertz CT molecular complexity index is 579. The van der Waals surface area contributed by atoms with Gasteiger partial charge in [-0.05, 0) is 37.5 Å². The van der Waals surface area contributed by atoms with Crippen LogP contribution in [-0.2, 0) is 4.79 Å². The Morgan fingerprint density at radius 3 is 2.76 bits per heavy atom. The van der Waals surface area contributed by atoms with Crippen LogP contribution in [0.25, 0.3) is 6.08 Å². The summed E-state index contributed by atoms with van der Waals surface area (Å²) in [5, 5.41) is 19.7. The molecule has 0 aromatic heterocycles. The molecule has 0 spiro atoms. The molecule has 0 aliphatic heterocycles. The van der Waals surface area contributed by atoms with Crippen molar-refractivity contribution in [2.24, 2.45) is 0 Å². The second kappa shape index (κ2) is 6.39. The van der Waals surface area contributed by atoms with Crippen LogP contribution in [0.1, 0.15) is 31.7 Å². The third-order valence-corrected chi connectivity index (χ3v) is 3.40. The first-order valence-electron chi connectivity index (χ1n) is 6.99. The fourth-order valence-corrected chi connectivity index (χ4v) is 2.33. The van der Waals surface area contributed by atoms with Gasteiger partial charge in [-0.25, -0.2) is 4.79 Å². The van der Waals surface area contributed by atoms with Gasteiger partial charge in [0.1, 0.15) is 0 Å². The van der Waals surface area contributed by atoms with Crippen LogP contribution in [0, 0.1) is 10.1 Å². The van der Waals surface area contributed by atoms with Gasteiger partial charge >= 0.3 is 5.97 Å². The molecule has 0 radical (unpaired) electrons. The highest BCUT2D eigenvalue weighted by Crippen LogP contribution is 2.34. The minimum absolute atomic E-state index is 0.0801. The molecular formula is C15H18N2O4. The van der Waals surface area contributed by atoms with Gasteiger partial charge in [-0.2, -0.15) is 0 Å². The fraction of sp³-hybridized carbons (Fsp3) is 0.400. The maximum atomic E-state index is 11.0. The van der Waals surface area contributed by atoms with Gasteiger partial charge in [0.2, 0.25) is 0 Å². The Hall–Kier alpha value is -2.37. The van der Waals surface area contributed by atoms with E-state index in [-0.39, 0.29) is 5.69 Å². The van der Waals surface area contributed by atoms with Gasteiger partial charge < -0.3 is 10.0 Å². The van der Waals surface area contributed by atoms with Crippen LogP contribution in [0.4, 0.5) is 11.4 Å². The molecule has 1 aliphatic carbocycles. The molecule has 0 heterocycles. The third kappa shape index (κ3) is 3.81. The van der Waals surface area contributed by atoms with Crippen LogP contribution in [0.2, 0.25) is 0 Å². The highest BCUT2D eigenvalue weighted by atomic mass is 16.6. The molecule has 1 N–H and O–H groups in total. The van der Waals surface area contributed by atoms with Crippen LogP contribution in [0.5, 0.6) is 0 Å². The van der Waals surface area contributed by atoms with E-state index in [1.807, 2.05) is 0 Å². The first-order valence-corrected chi connectivity index (χ1v) is 6.99. The second-order valence-corrected chi connectivity index (χ2v) is 5.10. The SMILES string of the molecule is CCCN(c1ccc([N+](=O)[O-])c(/C=C/C(=O)O)c1)C1CC1.